The molecular weight excluding hydrogens is 1120 g/mol. The standard InChI is InChI=1S/2C39H72O3S.Mg/c2*1-2-3-4-5-6-7-8-9-10-11-12-13-14-15-16-17-18-19-20-21-22-23-24-25-26-27-28-29-30-31-32-34-38-35-33-36-39(37-38)43(40,41)42;/h2*33,35-37H,2-32,34H2,1H3,(H,40,41,42);/q;;+2/p-2. The quantitative estimate of drug-likeness (QED) is 0.0370. The van der Waals surface area contributed by atoms with Gasteiger partial charge in [0.1, 0.15) is 20.2 Å². The van der Waals surface area contributed by atoms with Crippen LogP contribution < -0.4 is 0 Å². The van der Waals surface area contributed by atoms with Crippen LogP contribution in [0.15, 0.2) is 58.3 Å². The van der Waals surface area contributed by atoms with Gasteiger partial charge in [-0.15, -0.1) is 0 Å². The zero-order valence-electron chi connectivity index (χ0n) is 57.8. The van der Waals surface area contributed by atoms with Crippen LogP contribution in [0, 0.1) is 0 Å². The van der Waals surface area contributed by atoms with E-state index in [1.54, 1.807) is 12.1 Å². The average molecular weight is 1260 g/mol. The monoisotopic (exact) mass is 1260 g/mol. The molecule has 0 aliphatic rings. The van der Waals surface area contributed by atoms with E-state index in [1.165, 1.54) is 410 Å². The Labute approximate surface area is 559 Å². The Morgan fingerprint density at radius 3 is 0.506 bits per heavy atom. The summed E-state index contributed by atoms with van der Waals surface area (Å²) < 4.78 is 66.9. The first-order chi connectivity index (χ1) is 42.1. The molecule has 2 aromatic carbocycles. The van der Waals surface area contributed by atoms with Crippen LogP contribution >= 0.6 is 0 Å². The van der Waals surface area contributed by atoms with Crippen molar-refractivity contribution in [2.75, 3.05) is 0 Å². The predicted octanol–water partition coefficient (Wildman–Crippen LogP) is 26.1. The second-order valence-electron chi connectivity index (χ2n) is 26.9. The SMILES string of the molecule is CCCCCCCCCCCCCCCCCCCCCCCCCCCCCCCCCc1cccc(S(=O)(=O)[O-])c1.CCCCCCCCCCCCCCCCCCCCCCCCCCCCCCCCCc1cccc(S(=O)(=O)[O-])c1.[Mg+2]. The molecule has 6 nitrogen and oxygen atoms in total. The number of hydrogen-bond donors (Lipinski definition) is 0. The van der Waals surface area contributed by atoms with Gasteiger partial charge in [0, 0.05) is 0 Å². The molecule has 0 aliphatic heterocycles. The number of aryl methyl sites for hydroxylation is 2. The summed E-state index contributed by atoms with van der Waals surface area (Å²) in [7, 11) is -8.69. The molecule has 0 saturated carbocycles. The molecule has 0 heterocycles. The summed E-state index contributed by atoms with van der Waals surface area (Å²) in [4.78, 5) is -0.212. The third-order valence-electron chi connectivity index (χ3n) is 18.5. The van der Waals surface area contributed by atoms with Gasteiger partial charge in [-0.3, -0.25) is 0 Å². The third-order valence-corrected chi connectivity index (χ3v) is 20.2. The molecule has 2 rings (SSSR count). The van der Waals surface area contributed by atoms with Gasteiger partial charge >= 0.3 is 23.1 Å². The Bertz CT molecular complexity index is 1780. The second-order valence-corrected chi connectivity index (χ2v) is 29.7. The maximum atomic E-state index is 11.1. The van der Waals surface area contributed by atoms with Gasteiger partial charge in [-0.25, -0.2) is 16.8 Å². The summed E-state index contributed by atoms with van der Waals surface area (Å²) in [6.07, 6.45) is 89.0. The normalized spacial score (nSPS) is 11.7. The van der Waals surface area contributed by atoms with Gasteiger partial charge in [0.05, 0.1) is 9.79 Å². The van der Waals surface area contributed by atoms with Crippen molar-refractivity contribution in [3.8, 4) is 0 Å². The van der Waals surface area contributed by atoms with Crippen LogP contribution in [0.1, 0.15) is 423 Å². The van der Waals surface area contributed by atoms with Crippen LogP contribution in [0.25, 0.3) is 0 Å². The van der Waals surface area contributed by atoms with Gasteiger partial charge < -0.3 is 9.11 Å². The van der Waals surface area contributed by atoms with E-state index in [4.69, 9.17) is 0 Å². The van der Waals surface area contributed by atoms with Crippen molar-refractivity contribution in [2.24, 2.45) is 0 Å². The van der Waals surface area contributed by atoms with Gasteiger partial charge in [0.2, 0.25) is 0 Å². The molecule has 2 aromatic rings. The van der Waals surface area contributed by atoms with Crippen LogP contribution in [0.4, 0.5) is 0 Å². The summed E-state index contributed by atoms with van der Waals surface area (Å²) in [6.45, 7) is 4.60. The van der Waals surface area contributed by atoms with Crippen LogP contribution in [-0.2, 0) is 33.1 Å². The molecule has 0 atom stereocenters. The summed E-state index contributed by atoms with van der Waals surface area (Å²) in [5, 5.41) is 0. The number of benzene rings is 2. The van der Waals surface area contributed by atoms with Crippen LogP contribution in [0.5, 0.6) is 0 Å². The minimum absolute atomic E-state index is 0. The fourth-order valence-electron chi connectivity index (χ4n) is 12.8. The van der Waals surface area contributed by atoms with Crippen molar-refractivity contribution >= 4 is 43.3 Å². The first-order valence-electron chi connectivity index (χ1n) is 38.2. The summed E-state index contributed by atoms with van der Waals surface area (Å²) in [6, 6.07) is 13.0. The third kappa shape index (κ3) is 62.3. The first-order valence-corrected chi connectivity index (χ1v) is 41.0. The molecule has 0 aliphatic carbocycles. The minimum Gasteiger partial charge on any atom is -0.744 e. The molecule has 0 amide bonds. The van der Waals surface area contributed by atoms with E-state index >= 15 is 0 Å². The maximum Gasteiger partial charge on any atom is 2.00 e. The number of unbranched alkanes of at least 4 members (excludes halogenated alkanes) is 60. The van der Waals surface area contributed by atoms with E-state index in [1.807, 2.05) is 12.1 Å². The molecule has 87 heavy (non-hydrogen) atoms. The molecule has 0 saturated heterocycles. The van der Waals surface area contributed by atoms with Crippen molar-refractivity contribution in [1.82, 2.24) is 0 Å². The van der Waals surface area contributed by atoms with Crippen LogP contribution in [0.2, 0.25) is 0 Å². The Kier molecular flexibility index (Phi) is 65.7. The molecular formula is C78H142MgO6S2. The Balaban J connectivity index is 0.00000168. The molecule has 0 fully saturated rings. The van der Waals surface area contributed by atoms with Gasteiger partial charge in [0.25, 0.3) is 0 Å². The minimum atomic E-state index is -4.35. The van der Waals surface area contributed by atoms with Crippen molar-refractivity contribution in [3.63, 3.8) is 0 Å². The molecule has 0 N–H and O–H groups in total. The summed E-state index contributed by atoms with van der Waals surface area (Å²) >= 11 is 0. The summed E-state index contributed by atoms with van der Waals surface area (Å²) in [5.41, 5.74) is 1.90. The van der Waals surface area contributed by atoms with E-state index < -0.39 is 20.2 Å². The van der Waals surface area contributed by atoms with Crippen LogP contribution in [0.3, 0.4) is 0 Å². The number of rotatable bonds is 66. The fraction of sp³-hybridized carbons (Fsp3) is 0.846. The van der Waals surface area contributed by atoms with Crippen molar-refractivity contribution in [3.05, 3.63) is 59.7 Å². The molecule has 0 spiro atoms. The van der Waals surface area contributed by atoms with Gasteiger partial charge in [-0.2, -0.15) is 0 Å². The predicted molar refractivity (Wildman–Crippen MR) is 380 cm³/mol. The molecule has 504 valence electrons. The second kappa shape index (κ2) is 66.5. The maximum absolute atomic E-state index is 11.1. The Morgan fingerprint density at radius 1 is 0.230 bits per heavy atom. The topological polar surface area (TPSA) is 114 Å². The fourth-order valence-corrected chi connectivity index (χ4v) is 13.9. The van der Waals surface area contributed by atoms with E-state index in [9.17, 15) is 25.9 Å². The molecule has 9 heteroatoms. The molecule has 0 bridgehead atoms. The summed E-state index contributed by atoms with van der Waals surface area (Å²) in [5.74, 6) is 0. The smallest absolute Gasteiger partial charge is 0.744 e. The van der Waals surface area contributed by atoms with E-state index in [2.05, 4.69) is 13.8 Å². The largest absolute Gasteiger partial charge is 2.00 e. The van der Waals surface area contributed by atoms with E-state index in [0.717, 1.165) is 36.8 Å². The zero-order valence-corrected chi connectivity index (χ0v) is 60.9. The van der Waals surface area contributed by atoms with Gasteiger partial charge in [-0.05, 0) is 61.1 Å². The van der Waals surface area contributed by atoms with E-state index in [-0.39, 0.29) is 32.8 Å². The van der Waals surface area contributed by atoms with Crippen molar-refractivity contribution < 1.29 is 25.9 Å². The molecule has 0 aromatic heterocycles. The first kappa shape index (κ1) is 86.0. The van der Waals surface area contributed by atoms with E-state index in [0.29, 0.717) is 0 Å². The molecule has 0 radical (unpaired) electrons. The van der Waals surface area contributed by atoms with Crippen molar-refractivity contribution in [2.45, 2.75) is 435 Å². The van der Waals surface area contributed by atoms with Gasteiger partial charge in [-0.1, -0.05) is 423 Å². The zero-order chi connectivity index (χ0) is 62.2. The Morgan fingerprint density at radius 2 is 0.368 bits per heavy atom. The Hall–Kier alpha value is -0.974. The van der Waals surface area contributed by atoms with Gasteiger partial charge in [0.15, 0.2) is 0 Å². The van der Waals surface area contributed by atoms with Crippen LogP contribution in [-0.4, -0.2) is 49.0 Å². The average Bonchev–Trinajstić information content (AvgIpc) is 3.50. The molecule has 0 unspecified atom stereocenters. The number of hydrogen-bond acceptors (Lipinski definition) is 6. The van der Waals surface area contributed by atoms with Crippen molar-refractivity contribution in [1.29, 1.82) is 0 Å².